The van der Waals surface area contributed by atoms with Crippen LogP contribution in [0.5, 0.6) is 0 Å². The van der Waals surface area contributed by atoms with Gasteiger partial charge in [-0.15, -0.1) is 0 Å². The Morgan fingerprint density at radius 2 is 1.75 bits per heavy atom. The molecule has 1 heterocycles. The van der Waals surface area contributed by atoms with Crippen LogP contribution < -0.4 is 5.32 Å². The van der Waals surface area contributed by atoms with Gasteiger partial charge in [-0.05, 0) is 31.1 Å². The molecule has 1 aromatic rings. The van der Waals surface area contributed by atoms with Gasteiger partial charge in [-0.2, -0.15) is 0 Å². The molecule has 0 aromatic heterocycles. The van der Waals surface area contributed by atoms with Gasteiger partial charge in [0, 0.05) is 45.0 Å². The van der Waals surface area contributed by atoms with Crippen LogP contribution >= 0.6 is 0 Å². The lowest BCUT2D eigenvalue weighted by Crippen LogP contribution is -2.51. The van der Waals surface area contributed by atoms with Crippen molar-refractivity contribution in [1.82, 2.24) is 14.7 Å². The first-order chi connectivity index (χ1) is 11.3. The standard InChI is InChI=1S/C19H32N4O/c1-19(2,3)16-8-6-7-9-17(16)20-18(24)23-14-12-22(13-15-23)11-10-21(4)5/h6-9H,10-15H2,1-5H3,(H,20,24). The molecule has 0 spiro atoms. The molecule has 2 amide bonds. The van der Waals surface area contributed by atoms with E-state index in [1.807, 2.05) is 23.1 Å². The molecule has 1 fully saturated rings. The number of carbonyl (C=O) groups is 1. The van der Waals surface area contributed by atoms with E-state index in [1.165, 1.54) is 5.56 Å². The quantitative estimate of drug-likeness (QED) is 0.921. The fraction of sp³-hybridized carbons (Fsp3) is 0.632. The monoisotopic (exact) mass is 332 g/mol. The summed E-state index contributed by atoms with van der Waals surface area (Å²) < 4.78 is 0. The van der Waals surface area contributed by atoms with E-state index in [-0.39, 0.29) is 11.4 Å². The highest BCUT2D eigenvalue weighted by Crippen LogP contribution is 2.29. The number of likely N-dealkylation sites (N-methyl/N-ethyl adjacent to an activating group) is 1. The predicted molar refractivity (Wildman–Crippen MR) is 101 cm³/mol. The minimum Gasteiger partial charge on any atom is -0.322 e. The number of nitrogens with one attached hydrogen (secondary N) is 1. The Balaban J connectivity index is 1.91. The number of para-hydroxylation sites is 1. The molecule has 0 unspecified atom stereocenters. The molecule has 0 saturated carbocycles. The number of nitrogens with zero attached hydrogens (tertiary/aromatic N) is 3. The largest absolute Gasteiger partial charge is 0.322 e. The smallest absolute Gasteiger partial charge is 0.321 e. The van der Waals surface area contributed by atoms with E-state index in [4.69, 9.17) is 0 Å². The minimum absolute atomic E-state index is 0.00868. The normalized spacial score (nSPS) is 16.5. The first kappa shape index (κ1) is 18.7. The summed E-state index contributed by atoms with van der Waals surface area (Å²) >= 11 is 0. The van der Waals surface area contributed by atoms with Crippen molar-refractivity contribution in [2.24, 2.45) is 0 Å². The zero-order valence-electron chi connectivity index (χ0n) is 15.8. The lowest BCUT2D eigenvalue weighted by atomic mass is 9.86. The van der Waals surface area contributed by atoms with E-state index in [0.717, 1.165) is 45.0 Å². The van der Waals surface area contributed by atoms with Gasteiger partial charge in [-0.25, -0.2) is 4.79 Å². The molecule has 1 saturated heterocycles. The molecule has 2 rings (SSSR count). The predicted octanol–water partition coefficient (Wildman–Crippen LogP) is 2.70. The van der Waals surface area contributed by atoms with Crippen molar-refractivity contribution in [3.8, 4) is 0 Å². The number of benzene rings is 1. The van der Waals surface area contributed by atoms with Crippen molar-refractivity contribution in [1.29, 1.82) is 0 Å². The molecule has 5 heteroatoms. The molecule has 5 nitrogen and oxygen atoms in total. The Morgan fingerprint density at radius 3 is 2.33 bits per heavy atom. The topological polar surface area (TPSA) is 38.8 Å². The average Bonchev–Trinajstić information content (AvgIpc) is 2.53. The summed E-state index contributed by atoms with van der Waals surface area (Å²) in [6, 6.07) is 8.10. The number of anilines is 1. The maximum Gasteiger partial charge on any atom is 0.321 e. The SMILES string of the molecule is CN(C)CCN1CCN(C(=O)Nc2ccccc2C(C)(C)C)CC1. The zero-order chi connectivity index (χ0) is 17.7. The summed E-state index contributed by atoms with van der Waals surface area (Å²) in [5, 5.41) is 3.11. The average molecular weight is 332 g/mol. The first-order valence-corrected chi connectivity index (χ1v) is 8.80. The van der Waals surface area contributed by atoms with Crippen LogP contribution in [0.25, 0.3) is 0 Å². The minimum atomic E-state index is 0.00868. The molecule has 1 N–H and O–H groups in total. The van der Waals surface area contributed by atoms with Gasteiger partial charge >= 0.3 is 6.03 Å². The fourth-order valence-electron chi connectivity index (χ4n) is 2.96. The number of amides is 2. The Labute approximate surface area is 146 Å². The third-order valence-electron chi connectivity index (χ3n) is 4.50. The van der Waals surface area contributed by atoms with Crippen molar-refractivity contribution in [2.75, 3.05) is 58.7 Å². The first-order valence-electron chi connectivity index (χ1n) is 8.80. The third-order valence-corrected chi connectivity index (χ3v) is 4.50. The molecular formula is C19H32N4O. The highest BCUT2D eigenvalue weighted by atomic mass is 16.2. The van der Waals surface area contributed by atoms with Crippen LogP contribution in [0.1, 0.15) is 26.3 Å². The molecule has 0 aliphatic carbocycles. The third kappa shape index (κ3) is 5.21. The summed E-state index contributed by atoms with van der Waals surface area (Å²) in [5.74, 6) is 0. The Bertz CT molecular complexity index is 543. The van der Waals surface area contributed by atoms with E-state index >= 15 is 0 Å². The van der Waals surface area contributed by atoms with Gasteiger partial charge in [0.25, 0.3) is 0 Å². The van der Waals surface area contributed by atoms with Crippen LogP contribution in [0, 0.1) is 0 Å². The van der Waals surface area contributed by atoms with Gasteiger partial charge in [0.2, 0.25) is 0 Å². The van der Waals surface area contributed by atoms with Gasteiger partial charge in [0.05, 0.1) is 0 Å². The Hall–Kier alpha value is -1.59. The molecule has 0 radical (unpaired) electrons. The number of piperazine rings is 1. The van der Waals surface area contributed by atoms with E-state index in [0.29, 0.717) is 0 Å². The van der Waals surface area contributed by atoms with Crippen LogP contribution in [0.4, 0.5) is 10.5 Å². The molecule has 0 bridgehead atoms. The highest BCUT2D eigenvalue weighted by molar-refractivity contribution is 5.90. The maximum absolute atomic E-state index is 12.6. The fourth-order valence-corrected chi connectivity index (χ4v) is 2.96. The zero-order valence-corrected chi connectivity index (χ0v) is 15.8. The van der Waals surface area contributed by atoms with Crippen molar-refractivity contribution < 1.29 is 4.79 Å². The van der Waals surface area contributed by atoms with Gasteiger partial charge in [0.1, 0.15) is 0 Å². The van der Waals surface area contributed by atoms with E-state index in [9.17, 15) is 4.79 Å². The van der Waals surface area contributed by atoms with E-state index in [1.54, 1.807) is 0 Å². The second-order valence-electron chi connectivity index (χ2n) is 7.86. The molecule has 1 aliphatic heterocycles. The van der Waals surface area contributed by atoms with Crippen molar-refractivity contribution in [2.45, 2.75) is 26.2 Å². The second-order valence-corrected chi connectivity index (χ2v) is 7.86. The second kappa shape index (κ2) is 7.99. The Morgan fingerprint density at radius 1 is 1.12 bits per heavy atom. The lowest BCUT2D eigenvalue weighted by Gasteiger charge is -2.35. The molecule has 24 heavy (non-hydrogen) atoms. The summed E-state index contributed by atoms with van der Waals surface area (Å²) in [6.07, 6.45) is 0. The molecule has 1 aliphatic rings. The summed E-state index contributed by atoms with van der Waals surface area (Å²) in [7, 11) is 4.19. The molecule has 0 atom stereocenters. The van der Waals surface area contributed by atoms with Gasteiger partial charge < -0.3 is 15.1 Å². The maximum atomic E-state index is 12.6. The molecule has 1 aromatic carbocycles. The van der Waals surface area contributed by atoms with Crippen molar-refractivity contribution in [3.05, 3.63) is 29.8 Å². The van der Waals surface area contributed by atoms with E-state index < -0.39 is 0 Å². The number of rotatable bonds is 4. The van der Waals surface area contributed by atoms with Crippen LogP contribution in [-0.4, -0.2) is 74.1 Å². The lowest BCUT2D eigenvalue weighted by molar-refractivity contribution is 0.140. The van der Waals surface area contributed by atoms with Gasteiger partial charge in [0.15, 0.2) is 0 Å². The summed E-state index contributed by atoms with van der Waals surface area (Å²) in [6.45, 7) is 12.1. The summed E-state index contributed by atoms with van der Waals surface area (Å²) in [5.41, 5.74) is 2.10. The van der Waals surface area contributed by atoms with Gasteiger partial charge in [-0.3, -0.25) is 4.90 Å². The number of carbonyl (C=O) groups excluding carboxylic acids is 1. The summed E-state index contributed by atoms with van der Waals surface area (Å²) in [4.78, 5) is 19.2. The molecule has 134 valence electrons. The Kier molecular flexibility index (Phi) is 6.24. The highest BCUT2D eigenvalue weighted by Gasteiger charge is 2.23. The number of hydrogen-bond acceptors (Lipinski definition) is 3. The van der Waals surface area contributed by atoms with Crippen molar-refractivity contribution in [3.63, 3.8) is 0 Å². The van der Waals surface area contributed by atoms with Crippen LogP contribution in [0.2, 0.25) is 0 Å². The van der Waals surface area contributed by atoms with E-state index in [2.05, 4.69) is 56.0 Å². The van der Waals surface area contributed by atoms with Crippen LogP contribution in [0.15, 0.2) is 24.3 Å². The molecular weight excluding hydrogens is 300 g/mol. The van der Waals surface area contributed by atoms with Crippen molar-refractivity contribution >= 4 is 11.7 Å². The number of hydrogen-bond donors (Lipinski definition) is 1. The van der Waals surface area contributed by atoms with Crippen LogP contribution in [0.3, 0.4) is 0 Å². The number of urea groups is 1. The van der Waals surface area contributed by atoms with Gasteiger partial charge in [-0.1, -0.05) is 39.0 Å². The van der Waals surface area contributed by atoms with Crippen LogP contribution in [-0.2, 0) is 5.41 Å².